The van der Waals surface area contributed by atoms with Crippen molar-refractivity contribution in [2.24, 2.45) is 0 Å². The first-order valence-corrected chi connectivity index (χ1v) is 13.7. The normalized spacial score (nSPS) is 18.9. The molecule has 4 nitrogen and oxygen atoms in total. The standard InChI is InChI=1S/C23H25Cl3FNO3S/c1-32(29,30)14-19-3-2-17(13-20(19)27)16-4-5-21-18(12-16)6-7-22(31-21)8-10-28(11-9-22)15-23(24,25)26/h2-5,12-13H,6-11,14-15H2,1H3. The van der Waals surface area contributed by atoms with Crippen LogP contribution in [0, 0.1) is 5.82 Å². The largest absolute Gasteiger partial charge is 0.487 e. The molecule has 0 unspecified atom stereocenters. The quantitative estimate of drug-likeness (QED) is 0.495. The second-order valence-electron chi connectivity index (χ2n) is 8.88. The zero-order chi connectivity index (χ0) is 23.1. The van der Waals surface area contributed by atoms with Gasteiger partial charge in [-0.15, -0.1) is 0 Å². The average molecular weight is 521 g/mol. The molecule has 0 bridgehead atoms. The third-order valence-corrected chi connectivity index (χ3v) is 7.41. The van der Waals surface area contributed by atoms with Crippen molar-refractivity contribution in [1.82, 2.24) is 4.90 Å². The first kappa shape index (κ1) is 24.1. The first-order chi connectivity index (χ1) is 14.9. The number of piperidine rings is 1. The molecule has 0 N–H and O–H groups in total. The molecule has 0 saturated carbocycles. The molecule has 174 valence electrons. The van der Waals surface area contributed by atoms with Gasteiger partial charge in [0.2, 0.25) is 3.79 Å². The summed E-state index contributed by atoms with van der Waals surface area (Å²) in [6, 6.07) is 10.6. The van der Waals surface area contributed by atoms with Crippen molar-refractivity contribution < 1.29 is 17.5 Å². The van der Waals surface area contributed by atoms with E-state index < -0.39 is 19.4 Å². The van der Waals surface area contributed by atoms with E-state index in [9.17, 15) is 12.8 Å². The van der Waals surface area contributed by atoms with Crippen molar-refractivity contribution in [2.45, 2.75) is 40.8 Å². The summed E-state index contributed by atoms with van der Waals surface area (Å²) in [5, 5.41) is 0. The van der Waals surface area contributed by atoms with Crippen LogP contribution in [0.25, 0.3) is 11.1 Å². The third-order valence-electron chi connectivity index (χ3n) is 6.21. The third kappa shape index (κ3) is 5.89. The Kier molecular flexibility index (Phi) is 6.74. The molecule has 2 aromatic rings. The lowest BCUT2D eigenvalue weighted by Crippen LogP contribution is -2.51. The van der Waals surface area contributed by atoms with Crippen molar-refractivity contribution in [1.29, 1.82) is 0 Å². The summed E-state index contributed by atoms with van der Waals surface area (Å²) in [5.74, 6) is 0.0460. The highest BCUT2D eigenvalue weighted by Crippen LogP contribution is 2.41. The number of sulfone groups is 1. The van der Waals surface area contributed by atoms with Gasteiger partial charge in [0.05, 0.1) is 5.75 Å². The van der Waals surface area contributed by atoms with Crippen LogP contribution >= 0.6 is 34.8 Å². The van der Waals surface area contributed by atoms with Crippen LogP contribution in [0.1, 0.15) is 30.4 Å². The van der Waals surface area contributed by atoms with E-state index in [0.717, 1.165) is 61.9 Å². The van der Waals surface area contributed by atoms with Gasteiger partial charge in [-0.2, -0.15) is 0 Å². The number of benzene rings is 2. The van der Waals surface area contributed by atoms with Crippen LogP contribution in [-0.4, -0.2) is 48.6 Å². The van der Waals surface area contributed by atoms with Crippen molar-refractivity contribution in [2.75, 3.05) is 25.9 Å². The molecule has 1 saturated heterocycles. The summed E-state index contributed by atoms with van der Waals surface area (Å²) < 4.78 is 42.6. The number of nitrogens with zero attached hydrogens (tertiary/aromatic N) is 1. The van der Waals surface area contributed by atoms with Gasteiger partial charge >= 0.3 is 0 Å². The van der Waals surface area contributed by atoms with Gasteiger partial charge in [-0.05, 0) is 60.6 Å². The highest BCUT2D eigenvalue weighted by Gasteiger charge is 2.40. The van der Waals surface area contributed by atoms with Crippen molar-refractivity contribution >= 4 is 44.6 Å². The number of hydrogen-bond acceptors (Lipinski definition) is 4. The molecular formula is C23H25Cl3FNO3S. The molecule has 2 aromatic carbocycles. The molecule has 0 radical (unpaired) electrons. The molecule has 1 spiro atoms. The van der Waals surface area contributed by atoms with E-state index in [1.165, 1.54) is 6.07 Å². The summed E-state index contributed by atoms with van der Waals surface area (Å²) >= 11 is 17.8. The SMILES string of the molecule is CS(=O)(=O)Cc1ccc(-c2ccc3c(c2)CCC2(CCN(CC(Cl)(Cl)Cl)CC2)O3)cc1F. The molecule has 1 fully saturated rings. The molecule has 0 atom stereocenters. The highest BCUT2D eigenvalue weighted by molar-refractivity contribution is 7.89. The Morgan fingerprint density at radius 3 is 2.34 bits per heavy atom. The molecule has 2 aliphatic rings. The van der Waals surface area contributed by atoms with Crippen molar-refractivity contribution in [3.8, 4) is 16.9 Å². The van der Waals surface area contributed by atoms with Gasteiger partial charge in [-0.3, -0.25) is 4.90 Å². The van der Waals surface area contributed by atoms with E-state index in [0.29, 0.717) is 12.1 Å². The average Bonchev–Trinajstić information content (AvgIpc) is 2.69. The van der Waals surface area contributed by atoms with Crippen LogP contribution in [0.4, 0.5) is 4.39 Å². The van der Waals surface area contributed by atoms with Gasteiger partial charge in [0, 0.05) is 31.5 Å². The lowest BCUT2D eigenvalue weighted by atomic mass is 9.82. The van der Waals surface area contributed by atoms with E-state index in [2.05, 4.69) is 4.90 Å². The van der Waals surface area contributed by atoms with Gasteiger partial charge in [0.1, 0.15) is 17.2 Å². The molecule has 2 aliphatic heterocycles. The van der Waals surface area contributed by atoms with Crippen LogP contribution in [0.2, 0.25) is 0 Å². The maximum atomic E-state index is 14.5. The highest BCUT2D eigenvalue weighted by atomic mass is 35.6. The predicted octanol–water partition coefficient (Wildman–Crippen LogP) is 5.57. The van der Waals surface area contributed by atoms with E-state index >= 15 is 0 Å². The number of likely N-dealkylation sites (tertiary alicyclic amines) is 1. The zero-order valence-corrected chi connectivity index (χ0v) is 20.8. The van der Waals surface area contributed by atoms with E-state index in [1.54, 1.807) is 12.1 Å². The number of rotatable bonds is 4. The van der Waals surface area contributed by atoms with Gasteiger partial charge in [0.25, 0.3) is 0 Å². The maximum Gasteiger partial charge on any atom is 0.203 e. The molecule has 2 heterocycles. The van der Waals surface area contributed by atoms with Gasteiger partial charge in [-0.25, -0.2) is 12.8 Å². The minimum atomic E-state index is -3.29. The molecule has 4 rings (SSSR count). The van der Waals surface area contributed by atoms with Crippen molar-refractivity contribution in [3.63, 3.8) is 0 Å². The molecule has 0 aromatic heterocycles. The Balaban J connectivity index is 1.47. The Labute approximate surface area is 203 Å². The fraction of sp³-hybridized carbons (Fsp3) is 0.478. The second kappa shape index (κ2) is 8.95. The zero-order valence-electron chi connectivity index (χ0n) is 17.7. The van der Waals surface area contributed by atoms with Crippen LogP contribution in [0.3, 0.4) is 0 Å². The minimum absolute atomic E-state index is 0.181. The Hall–Kier alpha value is -1.05. The Morgan fingerprint density at radius 2 is 1.72 bits per heavy atom. The molecule has 9 heteroatoms. The van der Waals surface area contributed by atoms with Crippen LogP contribution in [-0.2, 0) is 22.0 Å². The molecule has 0 aliphatic carbocycles. The fourth-order valence-electron chi connectivity index (χ4n) is 4.55. The minimum Gasteiger partial charge on any atom is -0.487 e. The smallest absolute Gasteiger partial charge is 0.203 e. The molecule has 0 amide bonds. The number of alkyl halides is 3. The molecular weight excluding hydrogens is 496 g/mol. The fourth-order valence-corrected chi connectivity index (χ4v) is 5.86. The maximum absolute atomic E-state index is 14.5. The topological polar surface area (TPSA) is 46.6 Å². The number of fused-ring (bicyclic) bond motifs is 1. The predicted molar refractivity (Wildman–Crippen MR) is 128 cm³/mol. The summed E-state index contributed by atoms with van der Waals surface area (Å²) in [7, 11) is -3.29. The Morgan fingerprint density at radius 1 is 1.06 bits per heavy atom. The van der Waals surface area contributed by atoms with Crippen LogP contribution in [0.15, 0.2) is 36.4 Å². The van der Waals surface area contributed by atoms with Crippen LogP contribution < -0.4 is 4.74 Å². The number of halogens is 4. The van der Waals surface area contributed by atoms with E-state index in [4.69, 9.17) is 39.5 Å². The molecule has 32 heavy (non-hydrogen) atoms. The summed E-state index contributed by atoms with van der Waals surface area (Å²) in [4.78, 5) is 2.15. The number of aryl methyl sites for hydroxylation is 1. The number of hydrogen-bond donors (Lipinski definition) is 0. The van der Waals surface area contributed by atoms with E-state index in [1.807, 2.05) is 18.2 Å². The second-order valence-corrected chi connectivity index (χ2v) is 13.5. The summed E-state index contributed by atoms with van der Waals surface area (Å²) in [5.41, 5.74) is 2.67. The first-order valence-electron chi connectivity index (χ1n) is 10.5. The number of ether oxygens (including phenoxy) is 1. The monoisotopic (exact) mass is 519 g/mol. The lowest BCUT2D eigenvalue weighted by molar-refractivity contribution is -0.0139. The van der Waals surface area contributed by atoms with Gasteiger partial charge in [-0.1, -0.05) is 53.0 Å². The summed E-state index contributed by atoms with van der Waals surface area (Å²) in [6.07, 6.45) is 4.64. The Bertz CT molecular complexity index is 1110. The van der Waals surface area contributed by atoms with E-state index in [-0.39, 0.29) is 16.9 Å². The van der Waals surface area contributed by atoms with Gasteiger partial charge in [0.15, 0.2) is 9.84 Å². The van der Waals surface area contributed by atoms with Crippen LogP contribution in [0.5, 0.6) is 5.75 Å². The lowest BCUT2D eigenvalue weighted by Gasteiger charge is -2.45. The van der Waals surface area contributed by atoms with Gasteiger partial charge < -0.3 is 4.74 Å². The summed E-state index contributed by atoms with van der Waals surface area (Å²) in [6.45, 7) is 2.05. The van der Waals surface area contributed by atoms with Crippen molar-refractivity contribution in [3.05, 3.63) is 53.3 Å².